The van der Waals surface area contributed by atoms with Gasteiger partial charge in [-0.05, 0) is 51.8 Å². The van der Waals surface area contributed by atoms with E-state index in [-0.39, 0.29) is 29.1 Å². The Balaban J connectivity index is 1.64. The SMILES string of the molecule is CC(C)(C)NC(=O)c1ccc(-c2cc(=NC3CC3)n3nc/c(=C/c4[nH]c(=O)[nH]c4O)c3n2)s1. The molecule has 4 N–H and O–H groups in total. The maximum Gasteiger partial charge on any atom is 0.326 e. The number of H-pyrrole nitrogens is 2. The monoisotopic (exact) mass is 465 g/mol. The zero-order chi connectivity index (χ0) is 23.3. The molecule has 1 fully saturated rings. The lowest BCUT2D eigenvalue weighted by molar-refractivity contribution is 0.0923. The molecule has 0 atom stereocenters. The average molecular weight is 466 g/mol. The Morgan fingerprint density at radius 2 is 2.12 bits per heavy atom. The van der Waals surface area contributed by atoms with Gasteiger partial charge in [0, 0.05) is 16.8 Å². The highest BCUT2D eigenvalue weighted by Crippen LogP contribution is 2.27. The summed E-state index contributed by atoms with van der Waals surface area (Å²) >= 11 is 1.36. The van der Waals surface area contributed by atoms with Crippen molar-refractivity contribution in [2.24, 2.45) is 4.99 Å². The highest BCUT2D eigenvalue weighted by Gasteiger charge is 2.21. The molecule has 0 unspecified atom stereocenters. The summed E-state index contributed by atoms with van der Waals surface area (Å²) in [4.78, 5) is 39.9. The number of hydrogen-bond donors (Lipinski definition) is 4. The van der Waals surface area contributed by atoms with Crippen molar-refractivity contribution in [3.63, 3.8) is 0 Å². The summed E-state index contributed by atoms with van der Waals surface area (Å²) < 4.78 is 1.65. The van der Waals surface area contributed by atoms with Gasteiger partial charge in [-0.3, -0.25) is 14.8 Å². The maximum atomic E-state index is 12.6. The van der Waals surface area contributed by atoms with Crippen LogP contribution in [-0.2, 0) is 0 Å². The first kappa shape index (κ1) is 21.1. The second-order valence-electron chi connectivity index (χ2n) is 9.05. The first-order valence-electron chi connectivity index (χ1n) is 10.5. The van der Waals surface area contributed by atoms with E-state index >= 15 is 0 Å². The van der Waals surface area contributed by atoms with Crippen LogP contribution >= 0.6 is 11.3 Å². The highest BCUT2D eigenvalue weighted by molar-refractivity contribution is 7.17. The maximum absolute atomic E-state index is 12.6. The van der Waals surface area contributed by atoms with Crippen LogP contribution in [0.15, 0.2) is 34.2 Å². The number of aromatic nitrogens is 5. The summed E-state index contributed by atoms with van der Waals surface area (Å²) in [6, 6.07) is 5.80. The number of aromatic amines is 2. The van der Waals surface area contributed by atoms with E-state index in [1.165, 1.54) is 11.3 Å². The molecule has 0 spiro atoms. The number of aromatic hydroxyl groups is 1. The third-order valence-electron chi connectivity index (χ3n) is 4.95. The van der Waals surface area contributed by atoms with Crippen LogP contribution in [0.1, 0.15) is 49.0 Å². The number of imidazole rings is 1. The molecule has 1 saturated carbocycles. The third-order valence-corrected chi connectivity index (χ3v) is 6.05. The normalized spacial score (nSPS) is 15.5. The number of hydrogen-bond acceptors (Lipinski definition) is 7. The molecular formula is C22H23N7O3S. The fourth-order valence-electron chi connectivity index (χ4n) is 3.32. The van der Waals surface area contributed by atoms with Crippen molar-refractivity contribution < 1.29 is 9.90 Å². The summed E-state index contributed by atoms with van der Waals surface area (Å²) in [6.45, 7) is 5.81. The Kier molecular flexibility index (Phi) is 4.93. The van der Waals surface area contributed by atoms with E-state index < -0.39 is 5.69 Å². The summed E-state index contributed by atoms with van der Waals surface area (Å²) in [7, 11) is 0. The summed E-state index contributed by atoms with van der Waals surface area (Å²) in [6.07, 6.45) is 5.28. The second kappa shape index (κ2) is 7.69. The third kappa shape index (κ3) is 4.44. The molecule has 1 aliphatic rings. The fourth-order valence-corrected chi connectivity index (χ4v) is 4.18. The lowest BCUT2D eigenvalue weighted by atomic mass is 10.1. The van der Waals surface area contributed by atoms with Crippen LogP contribution in [0.2, 0.25) is 0 Å². The van der Waals surface area contributed by atoms with Crippen LogP contribution in [0.4, 0.5) is 0 Å². The van der Waals surface area contributed by atoms with E-state index in [1.54, 1.807) is 22.9 Å². The number of fused-ring (bicyclic) bond motifs is 1. The molecule has 10 nitrogen and oxygen atoms in total. The number of nitrogens with zero attached hydrogens (tertiary/aromatic N) is 4. The Labute approximate surface area is 191 Å². The van der Waals surface area contributed by atoms with E-state index in [4.69, 9.17) is 9.98 Å². The standard InChI is InChI=1S/C22H23N7O3S/c1-22(2,3)28-20(31)16-7-6-15(33-16)13-9-17(24-12-4-5-12)29-18(25-13)11(10-23-29)8-14-19(30)27-21(32)26-14/h6-10,12,30H,4-5H2,1-3H3,(H,28,31)(H2,26,27,32)/b11-8-,24-17?. The van der Waals surface area contributed by atoms with Crippen molar-refractivity contribution in [2.75, 3.05) is 0 Å². The van der Waals surface area contributed by atoms with Crippen molar-refractivity contribution in [3.8, 4) is 16.5 Å². The van der Waals surface area contributed by atoms with Crippen LogP contribution in [0.3, 0.4) is 0 Å². The number of thiophene rings is 1. The average Bonchev–Trinajstić information content (AvgIpc) is 3.11. The lowest BCUT2D eigenvalue weighted by Crippen LogP contribution is -2.40. The Morgan fingerprint density at radius 3 is 2.79 bits per heavy atom. The van der Waals surface area contributed by atoms with Crippen molar-refractivity contribution in [1.82, 2.24) is 29.9 Å². The van der Waals surface area contributed by atoms with Gasteiger partial charge in [0.1, 0.15) is 5.69 Å². The van der Waals surface area contributed by atoms with Crippen LogP contribution in [-0.4, -0.2) is 47.2 Å². The molecule has 4 heterocycles. The van der Waals surface area contributed by atoms with E-state index in [2.05, 4.69) is 20.4 Å². The zero-order valence-corrected chi connectivity index (χ0v) is 19.2. The van der Waals surface area contributed by atoms with Gasteiger partial charge in [0.15, 0.2) is 11.1 Å². The van der Waals surface area contributed by atoms with Gasteiger partial charge in [0.2, 0.25) is 5.88 Å². The quantitative estimate of drug-likeness (QED) is 0.360. The predicted octanol–water partition coefficient (Wildman–Crippen LogP) is 1.32. The molecule has 4 aromatic heterocycles. The lowest BCUT2D eigenvalue weighted by Gasteiger charge is -2.19. The number of amides is 1. The smallest absolute Gasteiger partial charge is 0.326 e. The van der Waals surface area contributed by atoms with Gasteiger partial charge < -0.3 is 15.4 Å². The predicted molar refractivity (Wildman–Crippen MR) is 124 cm³/mol. The van der Waals surface area contributed by atoms with Crippen LogP contribution in [0.25, 0.3) is 22.3 Å². The second-order valence-corrected chi connectivity index (χ2v) is 10.1. The molecule has 0 bridgehead atoms. The zero-order valence-electron chi connectivity index (χ0n) is 18.3. The molecule has 1 amide bonds. The van der Waals surface area contributed by atoms with E-state index in [0.29, 0.717) is 26.9 Å². The first-order valence-corrected chi connectivity index (χ1v) is 11.4. The minimum Gasteiger partial charge on any atom is -0.493 e. The van der Waals surface area contributed by atoms with Crippen LogP contribution in [0, 0.1) is 0 Å². The molecule has 0 aliphatic heterocycles. The molecule has 4 aromatic rings. The minimum absolute atomic E-state index is 0.131. The molecule has 0 aromatic carbocycles. The topological polar surface area (TPSA) is 141 Å². The molecule has 1 aliphatic carbocycles. The van der Waals surface area contributed by atoms with Gasteiger partial charge in [-0.1, -0.05) is 0 Å². The fraction of sp³-hybridized carbons (Fsp3) is 0.318. The highest BCUT2D eigenvalue weighted by atomic mass is 32.1. The van der Waals surface area contributed by atoms with Crippen LogP contribution in [0.5, 0.6) is 5.88 Å². The van der Waals surface area contributed by atoms with E-state index in [0.717, 1.165) is 17.7 Å². The molecule has 170 valence electrons. The van der Waals surface area contributed by atoms with Gasteiger partial charge in [-0.2, -0.15) is 9.61 Å². The Bertz CT molecular complexity index is 1550. The number of rotatable bonds is 4. The van der Waals surface area contributed by atoms with Crippen LogP contribution < -0.4 is 21.7 Å². The number of nitrogens with one attached hydrogen (secondary N) is 3. The molecular weight excluding hydrogens is 442 g/mol. The first-order chi connectivity index (χ1) is 15.7. The van der Waals surface area contributed by atoms with Gasteiger partial charge in [0.05, 0.1) is 27.7 Å². The van der Waals surface area contributed by atoms with Gasteiger partial charge >= 0.3 is 5.69 Å². The van der Waals surface area contributed by atoms with Crippen molar-refractivity contribution in [3.05, 3.63) is 56.2 Å². The van der Waals surface area contributed by atoms with Crippen molar-refractivity contribution >= 4 is 29.0 Å². The molecule has 0 radical (unpaired) electrons. The molecule has 0 saturated heterocycles. The van der Waals surface area contributed by atoms with Gasteiger partial charge in [0.25, 0.3) is 5.91 Å². The van der Waals surface area contributed by atoms with Crippen molar-refractivity contribution in [2.45, 2.75) is 45.2 Å². The number of carbonyl (C=O) groups excluding carboxylic acids is 1. The minimum atomic E-state index is -0.507. The summed E-state index contributed by atoms with van der Waals surface area (Å²) in [5, 5.41) is 17.9. The molecule has 11 heteroatoms. The van der Waals surface area contributed by atoms with E-state index in [9.17, 15) is 14.7 Å². The van der Waals surface area contributed by atoms with E-state index in [1.807, 2.05) is 32.9 Å². The molecule has 5 rings (SSSR count). The van der Waals surface area contributed by atoms with Crippen molar-refractivity contribution in [1.29, 1.82) is 0 Å². The summed E-state index contributed by atoms with van der Waals surface area (Å²) in [5.41, 5.74) is 1.26. The van der Waals surface area contributed by atoms with Gasteiger partial charge in [-0.15, -0.1) is 11.3 Å². The van der Waals surface area contributed by atoms with Gasteiger partial charge in [-0.25, -0.2) is 9.78 Å². The summed E-state index contributed by atoms with van der Waals surface area (Å²) in [5.74, 6) is -0.390. The Morgan fingerprint density at radius 1 is 1.33 bits per heavy atom. The Hall–Kier alpha value is -3.73. The largest absolute Gasteiger partial charge is 0.493 e. The molecule has 33 heavy (non-hydrogen) atoms. The number of carbonyl (C=O) groups is 1.